The van der Waals surface area contributed by atoms with Gasteiger partial charge in [-0.3, -0.25) is 4.90 Å². The first-order valence-electron chi connectivity index (χ1n) is 6.51. The molecule has 1 heterocycles. The van der Waals surface area contributed by atoms with E-state index in [1.807, 2.05) is 18.2 Å². The Morgan fingerprint density at radius 2 is 2.15 bits per heavy atom. The molecule has 0 bridgehead atoms. The van der Waals surface area contributed by atoms with Crippen LogP contribution in [-0.2, 0) is 11.3 Å². The van der Waals surface area contributed by atoms with Crippen LogP contribution in [0.25, 0.3) is 0 Å². The van der Waals surface area contributed by atoms with Gasteiger partial charge in [-0.2, -0.15) is 0 Å². The normalized spacial score (nSPS) is 19.2. The van der Waals surface area contributed by atoms with Crippen molar-refractivity contribution < 1.29 is 14.2 Å². The number of morpholine rings is 1. The summed E-state index contributed by atoms with van der Waals surface area (Å²) < 4.78 is 16.2. The van der Waals surface area contributed by atoms with Crippen LogP contribution in [0.5, 0.6) is 11.5 Å². The fourth-order valence-electron chi connectivity index (χ4n) is 2.31. The van der Waals surface area contributed by atoms with E-state index in [0.29, 0.717) is 6.54 Å². The summed E-state index contributed by atoms with van der Waals surface area (Å²) >= 11 is 0. The number of hydrogen-bond acceptors (Lipinski definition) is 5. The fourth-order valence-corrected chi connectivity index (χ4v) is 2.31. The van der Waals surface area contributed by atoms with Crippen LogP contribution in [0.2, 0.25) is 0 Å². The molecule has 1 aliphatic rings. The van der Waals surface area contributed by atoms with Gasteiger partial charge in [0.15, 0.2) is 0 Å². The van der Waals surface area contributed by atoms with Crippen LogP contribution >= 0.6 is 12.4 Å². The summed E-state index contributed by atoms with van der Waals surface area (Å²) in [7, 11) is 3.36. The highest BCUT2D eigenvalue weighted by Crippen LogP contribution is 2.25. The Morgan fingerprint density at radius 3 is 2.80 bits per heavy atom. The van der Waals surface area contributed by atoms with Crippen molar-refractivity contribution in [3.63, 3.8) is 0 Å². The Morgan fingerprint density at radius 1 is 1.35 bits per heavy atom. The molecule has 20 heavy (non-hydrogen) atoms. The molecule has 0 radical (unpaired) electrons. The molecule has 1 aliphatic heterocycles. The van der Waals surface area contributed by atoms with E-state index in [1.54, 1.807) is 14.2 Å². The number of benzene rings is 1. The lowest BCUT2D eigenvalue weighted by Gasteiger charge is -2.32. The summed E-state index contributed by atoms with van der Waals surface area (Å²) in [5.41, 5.74) is 6.79. The first-order valence-corrected chi connectivity index (χ1v) is 6.51. The highest BCUT2D eigenvalue weighted by atomic mass is 35.5. The fraction of sp³-hybridized carbons (Fsp3) is 0.571. The van der Waals surface area contributed by atoms with E-state index in [0.717, 1.165) is 43.3 Å². The van der Waals surface area contributed by atoms with Gasteiger partial charge in [0.2, 0.25) is 0 Å². The van der Waals surface area contributed by atoms with Crippen molar-refractivity contribution in [2.45, 2.75) is 12.6 Å². The summed E-state index contributed by atoms with van der Waals surface area (Å²) in [6.45, 7) is 3.88. The minimum atomic E-state index is 0. The standard InChI is InChI=1S/C14H22N2O3.ClH/c1-17-12-3-4-14(18-2)11(7-12)9-16-5-6-19-13(8-15)10-16;/h3-4,7,13H,5-6,8-10,15H2,1-2H3;1H. The van der Waals surface area contributed by atoms with Gasteiger partial charge in [-0.1, -0.05) is 0 Å². The minimum Gasteiger partial charge on any atom is -0.497 e. The SMILES string of the molecule is COc1ccc(OC)c(CN2CCOC(CN)C2)c1.Cl. The van der Waals surface area contributed by atoms with Crippen molar-refractivity contribution in [3.8, 4) is 11.5 Å². The molecule has 1 unspecified atom stereocenters. The molecule has 1 fully saturated rings. The van der Waals surface area contributed by atoms with Crippen LogP contribution in [0, 0.1) is 0 Å². The van der Waals surface area contributed by atoms with E-state index < -0.39 is 0 Å². The topological polar surface area (TPSA) is 57.0 Å². The predicted octanol–water partition coefficient (Wildman–Crippen LogP) is 1.29. The van der Waals surface area contributed by atoms with E-state index in [4.69, 9.17) is 19.9 Å². The average molecular weight is 303 g/mol. The number of methoxy groups -OCH3 is 2. The maximum atomic E-state index is 5.66. The molecule has 6 heteroatoms. The third-order valence-electron chi connectivity index (χ3n) is 3.37. The molecule has 5 nitrogen and oxygen atoms in total. The van der Waals surface area contributed by atoms with E-state index in [1.165, 1.54) is 0 Å². The van der Waals surface area contributed by atoms with Crippen molar-refractivity contribution in [1.82, 2.24) is 4.90 Å². The molecule has 0 aliphatic carbocycles. The maximum absolute atomic E-state index is 5.66. The number of nitrogens with two attached hydrogens (primary N) is 1. The average Bonchev–Trinajstić information content (AvgIpc) is 2.47. The quantitative estimate of drug-likeness (QED) is 0.888. The van der Waals surface area contributed by atoms with Gasteiger partial charge >= 0.3 is 0 Å². The zero-order chi connectivity index (χ0) is 13.7. The Labute approximate surface area is 126 Å². The molecule has 1 atom stereocenters. The van der Waals surface area contributed by atoms with Crippen molar-refractivity contribution in [2.75, 3.05) is 40.5 Å². The molecular weight excluding hydrogens is 280 g/mol. The van der Waals surface area contributed by atoms with E-state index in [2.05, 4.69) is 4.90 Å². The zero-order valence-corrected chi connectivity index (χ0v) is 12.8. The summed E-state index contributed by atoms with van der Waals surface area (Å²) in [6.07, 6.45) is 0.130. The van der Waals surface area contributed by atoms with Crippen LogP contribution in [0.15, 0.2) is 18.2 Å². The Bertz CT molecular complexity index is 417. The number of nitrogens with zero attached hydrogens (tertiary/aromatic N) is 1. The summed E-state index contributed by atoms with van der Waals surface area (Å²) in [5.74, 6) is 1.73. The largest absolute Gasteiger partial charge is 0.497 e. The van der Waals surface area contributed by atoms with E-state index in [-0.39, 0.29) is 18.5 Å². The highest BCUT2D eigenvalue weighted by molar-refractivity contribution is 5.85. The number of halogens is 1. The van der Waals surface area contributed by atoms with Crippen LogP contribution in [0.1, 0.15) is 5.56 Å². The first kappa shape index (κ1) is 17.0. The molecule has 1 saturated heterocycles. The Kier molecular flexibility index (Phi) is 7.09. The molecule has 0 spiro atoms. The predicted molar refractivity (Wildman–Crippen MR) is 80.9 cm³/mol. The Balaban J connectivity index is 0.00000200. The van der Waals surface area contributed by atoms with Gasteiger partial charge in [-0.25, -0.2) is 0 Å². The monoisotopic (exact) mass is 302 g/mol. The van der Waals surface area contributed by atoms with Gasteiger partial charge in [0.1, 0.15) is 11.5 Å². The molecule has 1 aromatic carbocycles. The number of ether oxygens (including phenoxy) is 3. The van der Waals surface area contributed by atoms with Gasteiger partial charge in [0, 0.05) is 31.7 Å². The smallest absolute Gasteiger partial charge is 0.123 e. The molecule has 0 aromatic heterocycles. The number of hydrogen-bond donors (Lipinski definition) is 1. The molecular formula is C14H23ClN2O3. The van der Waals surface area contributed by atoms with E-state index >= 15 is 0 Å². The van der Waals surface area contributed by atoms with Gasteiger partial charge in [-0.05, 0) is 18.2 Å². The van der Waals surface area contributed by atoms with E-state index in [9.17, 15) is 0 Å². The highest BCUT2D eigenvalue weighted by Gasteiger charge is 2.20. The van der Waals surface area contributed by atoms with Crippen molar-refractivity contribution >= 4 is 12.4 Å². The molecule has 2 N–H and O–H groups in total. The second-order valence-corrected chi connectivity index (χ2v) is 4.64. The van der Waals surface area contributed by atoms with Crippen LogP contribution in [-0.4, -0.2) is 51.5 Å². The second kappa shape index (κ2) is 8.32. The van der Waals surface area contributed by atoms with Gasteiger partial charge < -0.3 is 19.9 Å². The lowest BCUT2D eigenvalue weighted by atomic mass is 10.1. The minimum absolute atomic E-state index is 0. The maximum Gasteiger partial charge on any atom is 0.123 e. The molecule has 114 valence electrons. The summed E-state index contributed by atoms with van der Waals surface area (Å²) in [6, 6.07) is 5.87. The van der Waals surface area contributed by atoms with Crippen molar-refractivity contribution in [2.24, 2.45) is 5.73 Å². The first-order chi connectivity index (χ1) is 9.26. The van der Waals surface area contributed by atoms with Gasteiger partial charge in [0.25, 0.3) is 0 Å². The third kappa shape index (κ3) is 4.24. The van der Waals surface area contributed by atoms with Crippen molar-refractivity contribution in [1.29, 1.82) is 0 Å². The second-order valence-electron chi connectivity index (χ2n) is 4.64. The Hall–Kier alpha value is -1.01. The number of rotatable bonds is 5. The molecule has 0 amide bonds. The van der Waals surface area contributed by atoms with Gasteiger partial charge in [-0.15, -0.1) is 12.4 Å². The molecule has 0 saturated carbocycles. The van der Waals surface area contributed by atoms with Crippen LogP contribution < -0.4 is 15.2 Å². The van der Waals surface area contributed by atoms with Crippen LogP contribution in [0.4, 0.5) is 0 Å². The zero-order valence-electron chi connectivity index (χ0n) is 12.0. The van der Waals surface area contributed by atoms with Gasteiger partial charge in [0.05, 0.1) is 26.9 Å². The summed E-state index contributed by atoms with van der Waals surface area (Å²) in [5, 5.41) is 0. The molecule has 2 rings (SSSR count). The molecule has 1 aromatic rings. The van der Waals surface area contributed by atoms with Crippen LogP contribution in [0.3, 0.4) is 0 Å². The lowest BCUT2D eigenvalue weighted by molar-refractivity contribution is -0.0262. The third-order valence-corrected chi connectivity index (χ3v) is 3.37. The lowest BCUT2D eigenvalue weighted by Crippen LogP contribution is -2.45. The van der Waals surface area contributed by atoms with Crippen molar-refractivity contribution in [3.05, 3.63) is 23.8 Å². The summed E-state index contributed by atoms with van der Waals surface area (Å²) in [4.78, 5) is 2.33.